The maximum Gasteiger partial charge on any atom is 0.270 e. The van der Waals surface area contributed by atoms with E-state index in [9.17, 15) is 9.59 Å². The Labute approximate surface area is 224 Å². The van der Waals surface area contributed by atoms with E-state index in [1.807, 2.05) is 32.0 Å². The summed E-state index contributed by atoms with van der Waals surface area (Å²) in [5.41, 5.74) is 4.23. The molecule has 3 aromatic carbocycles. The molecule has 3 aromatic rings. The molecule has 0 atom stereocenters. The Hall–Kier alpha value is -3.33. The summed E-state index contributed by atoms with van der Waals surface area (Å²) in [6.45, 7) is 3.80. The number of nitrogens with zero attached hydrogens (tertiary/aromatic N) is 1. The van der Waals surface area contributed by atoms with Gasteiger partial charge in [-0.25, -0.2) is 0 Å². The van der Waals surface area contributed by atoms with Crippen LogP contribution in [-0.4, -0.2) is 29.9 Å². The van der Waals surface area contributed by atoms with Gasteiger partial charge in [0.15, 0.2) is 22.4 Å². The van der Waals surface area contributed by atoms with E-state index in [0.717, 1.165) is 22.4 Å². The van der Waals surface area contributed by atoms with E-state index in [-0.39, 0.29) is 18.4 Å². The zero-order valence-electron chi connectivity index (χ0n) is 19.8. The number of benzene rings is 3. The first-order valence-electron chi connectivity index (χ1n) is 11.0. The van der Waals surface area contributed by atoms with Crippen molar-refractivity contribution in [3.8, 4) is 11.5 Å². The normalized spacial score (nSPS) is 14.3. The van der Waals surface area contributed by atoms with Crippen LogP contribution in [0.1, 0.15) is 16.7 Å². The van der Waals surface area contributed by atoms with Crippen molar-refractivity contribution in [3.05, 3.63) is 87.3 Å². The van der Waals surface area contributed by atoms with Gasteiger partial charge in [-0.1, -0.05) is 59.8 Å². The third-order valence-corrected chi connectivity index (χ3v) is 7.17. The number of rotatable bonds is 7. The number of nitrogens with one attached hydrogen (secondary N) is 1. The van der Waals surface area contributed by atoms with Crippen molar-refractivity contribution in [1.29, 1.82) is 0 Å². The largest absolute Gasteiger partial charge is 0.493 e. The predicted molar refractivity (Wildman–Crippen MR) is 150 cm³/mol. The summed E-state index contributed by atoms with van der Waals surface area (Å²) in [5.74, 6) is 0.290. The van der Waals surface area contributed by atoms with Gasteiger partial charge in [-0.15, -0.1) is 0 Å². The minimum Gasteiger partial charge on any atom is -0.493 e. The number of para-hydroxylation sites is 1. The van der Waals surface area contributed by atoms with Crippen LogP contribution in [0.15, 0.2) is 65.6 Å². The number of thioether (sulfide) groups is 1. The highest BCUT2D eigenvalue weighted by Crippen LogP contribution is 2.37. The highest BCUT2D eigenvalue weighted by Gasteiger charge is 2.33. The minimum atomic E-state index is -0.357. The van der Waals surface area contributed by atoms with E-state index in [1.165, 1.54) is 18.9 Å². The molecule has 1 heterocycles. The van der Waals surface area contributed by atoms with E-state index in [0.29, 0.717) is 31.4 Å². The molecule has 6 nitrogen and oxygen atoms in total. The van der Waals surface area contributed by atoms with Crippen molar-refractivity contribution < 1.29 is 19.1 Å². The van der Waals surface area contributed by atoms with Crippen LogP contribution < -0.4 is 19.7 Å². The Morgan fingerprint density at radius 2 is 1.86 bits per heavy atom. The molecule has 1 saturated heterocycles. The van der Waals surface area contributed by atoms with E-state index >= 15 is 0 Å². The van der Waals surface area contributed by atoms with Gasteiger partial charge in [0, 0.05) is 0 Å². The second-order valence-corrected chi connectivity index (χ2v) is 10.1. The van der Waals surface area contributed by atoms with Crippen molar-refractivity contribution in [3.63, 3.8) is 0 Å². The fourth-order valence-electron chi connectivity index (χ4n) is 3.49. The van der Waals surface area contributed by atoms with Gasteiger partial charge in [-0.3, -0.25) is 14.5 Å². The standard InChI is InChI=1S/C27H23ClN2O4S2/c1-16-8-10-19(12-17(16)2)30-26(32)24(36-27(30)35)14-18-9-11-22(23(13-18)33-3)34-15-25(31)29-21-7-5-4-6-20(21)28/h4-14H,15H2,1-3H3,(H,29,31)/b24-14-. The first kappa shape index (κ1) is 25.8. The number of aryl methyl sites for hydroxylation is 2. The Morgan fingerprint density at radius 3 is 2.58 bits per heavy atom. The Bertz CT molecular complexity index is 1390. The Morgan fingerprint density at radius 1 is 1.08 bits per heavy atom. The highest BCUT2D eigenvalue weighted by atomic mass is 35.5. The molecule has 9 heteroatoms. The van der Waals surface area contributed by atoms with Gasteiger partial charge in [-0.05, 0) is 73.0 Å². The zero-order chi connectivity index (χ0) is 25.8. The summed E-state index contributed by atoms with van der Waals surface area (Å²) in [7, 11) is 1.51. The molecule has 184 valence electrons. The first-order chi connectivity index (χ1) is 17.3. The molecule has 0 radical (unpaired) electrons. The van der Waals surface area contributed by atoms with Crippen molar-refractivity contribution >= 4 is 69.2 Å². The molecule has 2 amide bonds. The molecule has 1 aliphatic rings. The van der Waals surface area contributed by atoms with Gasteiger partial charge < -0.3 is 14.8 Å². The quantitative estimate of drug-likeness (QED) is 0.278. The number of carbonyl (C=O) groups is 2. The van der Waals surface area contributed by atoms with E-state index in [1.54, 1.807) is 53.4 Å². The number of methoxy groups -OCH3 is 1. The van der Waals surface area contributed by atoms with Crippen LogP contribution in [0, 0.1) is 13.8 Å². The van der Waals surface area contributed by atoms with Crippen LogP contribution >= 0.6 is 35.6 Å². The lowest BCUT2D eigenvalue weighted by Crippen LogP contribution is -2.27. The molecule has 0 unspecified atom stereocenters. The number of hydrogen-bond donors (Lipinski definition) is 1. The molecule has 0 aromatic heterocycles. The smallest absolute Gasteiger partial charge is 0.270 e. The maximum atomic E-state index is 13.1. The molecule has 0 bridgehead atoms. The lowest BCUT2D eigenvalue weighted by Gasteiger charge is -2.16. The van der Waals surface area contributed by atoms with Crippen LogP contribution in [0.2, 0.25) is 5.02 Å². The van der Waals surface area contributed by atoms with E-state index < -0.39 is 0 Å². The number of carbonyl (C=O) groups excluding carboxylic acids is 2. The number of thiocarbonyl (C=S) groups is 1. The van der Waals surface area contributed by atoms with Crippen LogP contribution in [-0.2, 0) is 9.59 Å². The lowest BCUT2D eigenvalue weighted by atomic mass is 10.1. The lowest BCUT2D eigenvalue weighted by molar-refractivity contribution is -0.118. The van der Waals surface area contributed by atoms with Gasteiger partial charge in [0.05, 0.1) is 28.4 Å². The van der Waals surface area contributed by atoms with Crippen molar-refractivity contribution in [2.24, 2.45) is 0 Å². The molecule has 1 fully saturated rings. The predicted octanol–water partition coefficient (Wildman–Crippen LogP) is 6.39. The van der Waals surface area contributed by atoms with E-state index in [4.69, 9.17) is 33.3 Å². The van der Waals surface area contributed by atoms with Crippen LogP contribution in [0.3, 0.4) is 0 Å². The monoisotopic (exact) mass is 538 g/mol. The van der Waals surface area contributed by atoms with Gasteiger partial charge >= 0.3 is 0 Å². The summed E-state index contributed by atoms with van der Waals surface area (Å²) in [6.07, 6.45) is 1.76. The van der Waals surface area contributed by atoms with Crippen LogP contribution in [0.5, 0.6) is 11.5 Å². The summed E-state index contributed by atoms with van der Waals surface area (Å²) < 4.78 is 11.6. The molecule has 0 spiro atoms. The second-order valence-electron chi connectivity index (χ2n) is 8.01. The van der Waals surface area contributed by atoms with Crippen molar-refractivity contribution in [2.45, 2.75) is 13.8 Å². The maximum absolute atomic E-state index is 13.1. The van der Waals surface area contributed by atoms with Gasteiger partial charge in [0.25, 0.3) is 11.8 Å². The second kappa shape index (κ2) is 11.2. The summed E-state index contributed by atoms with van der Waals surface area (Å²) >= 11 is 12.8. The zero-order valence-corrected chi connectivity index (χ0v) is 22.2. The Balaban J connectivity index is 1.47. The highest BCUT2D eigenvalue weighted by molar-refractivity contribution is 8.27. The van der Waals surface area contributed by atoms with Crippen LogP contribution in [0.25, 0.3) is 6.08 Å². The molecular weight excluding hydrogens is 516 g/mol. The molecule has 4 rings (SSSR count). The van der Waals surface area contributed by atoms with E-state index in [2.05, 4.69) is 5.32 Å². The number of ether oxygens (including phenoxy) is 2. The van der Waals surface area contributed by atoms with Gasteiger partial charge in [0.1, 0.15) is 0 Å². The third-order valence-electron chi connectivity index (χ3n) is 5.53. The molecule has 1 N–H and O–H groups in total. The number of hydrogen-bond acceptors (Lipinski definition) is 6. The molecular formula is C27H23ClN2O4S2. The number of halogens is 1. The average Bonchev–Trinajstić information content (AvgIpc) is 3.13. The molecule has 0 saturated carbocycles. The fourth-order valence-corrected chi connectivity index (χ4v) is 4.97. The summed E-state index contributed by atoms with van der Waals surface area (Å²) in [6, 6.07) is 18.0. The SMILES string of the molecule is COc1cc(/C=C2\SC(=S)N(c3ccc(C)c(C)c3)C2=O)ccc1OCC(=O)Nc1ccccc1Cl. The molecule has 36 heavy (non-hydrogen) atoms. The third kappa shape index (κ3) is 5.73. The van der Waals surface area contributed by atoms with Gasteiger partial charge in [-0.2, -0.15) is 0 Å². The minimum absolute atomic E-state index is 0.177. The Kier molecular flexibility index (Phi) is 7.98. The molecule has 0 aliphatic carbocycles. The summed E-state index contributed by atoms with van der Waals surface area (Å²) in [4.78, 5) is 27.5. The summed E-state index contributed by atoms with van der Waals surface area (Å²) in [5, 5.41) is 3.15. The van der Waals surface area contributed by atoms with Crippen molar-refractivity contribution in [1.82, 2.24) is 0 Å². The average molecular weight is 539 g/mol. The van der Waals surface area contributed by atoms with Crippen LogP contribution in [0.4, 0.5) is 11.4 Å². The first-order valence-corrected chi connectivity index (χ1v) is 12.6. The molecule has 1 aliphatic heterocycles. The number of amides is 2. The van der Waals surface area contributed by atoms with Gasteiger partial charge in [0.2, 0.25) is 0 Å². The van der Waals surface area contributed by atoms with Crippen molar-refractivity contribution in [2.75, 3.05) is 23.9 Å². The fraction of sp³-hybridized carbons (Fsp3) is 0.148. The topological polar surface area (TPSA) is 67.9 Å². The number of anilines is 2.